The number of primary amides is 1. The lowest BCUT2D eigenvalue weighted by atomic mass is 10.1. The molecule has 0 aliphatic carbocycles. The molecule has 0 aliphatic heterocycles. The van der Waals surface area contributed by atoms with E-state index in [1.54, 1.807) is 18.2 Å². The molecule has 10 nitrogen and oxygen atoms in total. The maximum atomic E-state index is 13.0. The molecule has 3 aromatic rings. The number of benzene rings is 2. The van der Waals surface area contributed by atoms with Gasteiger partial charge in [-0.15, -0.1) is 5.10 Å². The summed E-state index contributed by atoms with van der Waals surface area (Å²) in [6.45, 7) is -2.12. The first-order chi connectivity index (χ1) is 17.4. The van der Waals surface area contributed by atoms with Gasteiger partial charge >= 0.3 is 18.0 Å². The molecule has 2 aromatic carbocycles. The molecule has 0 radical (unpaired) electrons. The largest absolute Gasteiger partial charge is 0.440 e. The van der Waals surface area contributed by atoms with Gasteiger partial charge in [-0.05, 0) is 30.3 Å². The number of amides is 2. The van der Waals surface area contributed by atoms with E-state index in [0.717, 1.165) is 0 Å². The highest BCUT2D eigenvalue weighted by molar-refractivity contribution is 6.31. The normalized spacial score (nSPS) is 13.1. The van der Waals surface area contributed by atoms with Crippen molar-refractivity contribution in [3.63, 3.8) is 0 Å². The highest BCUT2D eigenvalue weighted by Crippen LogP contribution is 2.26. The summed E-state index contributed by atoms with van der Waals surface area (Å²) >= 11 is 12.0. The number of nitrogens with one attached hydrogen (secondary N) is 1. The third-order valence-electron chi connectivity index (χ3n) is 5.05. The molecule has 198 valence electrons. The predicted octanol–water partition coefficient (Wildman–Crippen LogP) is 2.89. The fourth-order valence-corrected chi connectivity index (χ4v) is 3.67. The zero-order valence-corrected chi connectivity index (χ0v) is 20.3. The molecule has 2 amide bonds. The molecule has 0 saturated heterocycles. The standard InChI is InChI=1S/C22H20Cl2F3N5O5/c23-13-7-5-12(6-8-13)19-30-32(21(36)31(19)10-17(33)22(25,26)27)11-18(34)29-9-16(37-20(28)35)14-3-1-2-4-15(14)24/h1-8,16-17,33H,9-11H2,(H2,28,35)(H,29,34). The maximum absolute atomic E-state index is 13.0. The minimum absolute atomic E-state index is 0.219. The number of aliphatic hydroxyl groups is 1. The topological polar surface area (TPSA) is 141 Å². The van der Waals surface area contributed by atoms with Gasteiger partial charge in [-0.25, -0.2) is 14.3 Å². The predicted molar refractivity (Wildman–Crippen MR) is 127 cm³/mol. The Morgan fingerprint density at radius 3 is 2.38 bits per heavy atom. The van der Waals surface area contributed by atoms with Crippen LogP contribution in [0, 0.1) is 0 Å². The number of aliphatic hydroxyl groups excluding tert-OH is 1. The molecule has 1 aromatic heterocycles. The van der Waals surface area contributed by atoms with E-state index in [1.165, 1.54) is 30.3 Å². The maximum Gasteiger partial charge on any atom is 0.416 e. The van der Waals surface area contributed by atoms with Crippen molar-refractivity contribution in [2.75, 3.05) is 6.54 Å². The molecule has 3 rings (SSSR count). The van der Waals surface area contributed by atoms with Gasteiger partial charge in [0, 0.05) is 21.2 Å². The summed E-state index contributed by atoms with van der Waals surface area (Å²) in [5.74, 6) is -1.00. The first-order valence-corrected chi connectivity index (χ1v) is 11.3. The van der Waals surface area contributed by atoms with Crippen LogP contribution in [0.4, 0.5) is 18.0 Å². The van der Waals surface area contributed by atoms with E-state index >= 15 is 0 Å². The van der Waals surface area contributed by atoms with Crippen LogP contribution in [0.15, 0.2) is 53.3 Å². The third-order valence-corrected chi connectivity index (χ3v) is 5.64. The average Bonchev–Trinajstić information content (AvgIpc) is 3.11. The van der Waals surface area contributed by atoms with Crippen LogP contribution in [0.3, 0.4) is 0 Å². The number of carbonyl (C=O) groups excluding carboxylic acids is 2. The fourth-order valence-electron chi connectivity index (χ4n) is 3.29. The van der Waals surface area contributed by atoms with Crippen molar-refractivity contribution in [3.8, 4) is 11.4 Å². The Labute approximate surface area is 217 Å². The van der Waals surface area contributed by atoms with E-state index in [1.807, 2.05) is 0 Å². The summed E-state index contributed by atoms with van der Waals surface area (Å²) in [7, 11) is 0. The van der Waals surface area contributed by atoms with Crippen molar-refractivity contribution in [2.24, 2.45) is 5.73 Å². The van der Waals surface area contributed by atoms with Gasteiger partial charge in [0.05, 0.1) is 13.1 Å². The fraction of sp³-hybridized carbons (Fsp3) is 0.273. The first-order valence-electron chi connectivity index (χ1n) is 10.5. The van der Waals surface area contributed by atoms with Crippen LogP contribution in [-0.2, 0) is 22.6 Å². The molecular weight excluding hydrogens is 542 g/mol. The van der Waals surface area contributed by atoms with Crippen molar-refractivity contribution in [1.82, 2.24) is 19.7 Å². The van der Waals surface area contributed by atoms with Crippen LogP contribution in [0.2, 0.25) is 10.0 Å². The van der Waals surface area contributed by atoms with Crippen LogP contribution in [0.5, 0.6) is 0 Å². The van der Waals surface area contributed by atoms with Gasteiger partial charge in [-0.2, -0.15) is 13.2 Å². The highest BCUT2D eigenvalue weighted by Gasteiger charge is 2.39. The number of nitrogens with two attached hydrogens (primary N) is 1. The summed E-state index contributed by atoms with van der Waals surface area (Å²) in [5.41, 5.74) is 4.61. The lowest BCUT2D eigenvalue weighted by molar-refractivity contribution is -0.207. The second kappa shape index (κ2) is 11.7. The lowest BCUT2D eigenvalue weighted by Crippen LogP contribution is -2.39. The number of carbonyl (C=O) groups is 2. The number of rotatable bonds is 9. The second-order valence-corrected chi connectivity index (χ2v) is 8.53. The smallest absolute Gasteiger partial charge is 0.416 e. The van der Waals surface area contributed by atoms with Crippen LogP contribution < -0.4 is 16.7 Å². The van der Waals surface area contributed by atoms with Crippen LogP contribution >= 0.6 is 23.2 Å². The molecule has 1 heterocycles. The minimum atomic E-state index is -5.00. The Morgan fingerprint density at radius 2 is 1.78 bits per heavy atom. The highest BCUT2D eigenvalue weighted by atomic mass is 35.5. The Bertz CT molecular complexity index is 1330. The van der Waals surface area contributed by atoms with Gasteiger partial charge in [-0.3, -0.25) is 9.36 Å². The molecule has 2 atom stereocenters. The summed E-state index contributed by atoms with van der Waals surface area (Å²) in [6, 6.07) is 12.1. The van der Waals surface area contributed by atoms with Gasteiger partial charge in [0.25, 0.3) is 0 Å². The number of hydrogen-bond donors (Lipinski definition) is 3. The van der Waals surface area contributed by atoms with E-state index < -0.39 is 49.2 Å². The summed E-state index contributed by atoms with van der Waals surface area (Å²) in [4.78, 5) is 36.7. The van der Waals surface area contributed by atoms with E-state index in [0.29, 0.717) is 19.8 Å². The van der Waals surface area contributed by atoms with E-state index in [2.05, 4.69) is 10.4 Å². The zero-order chi connectivity index (χ0) is 27.3. The SMILES string of the molecule is NC(=O)OC(CNC(=O)Cn1nc(-c2ccc(Cl)cc2)n(CC(O)C(F)(F)F)c1=O)c1ccccc1Cl. The first kappa shape index (κ1) is 28.0. The van der Waals surface area contributed by atoms with E-state index in [9.17, 15) is 32.7 Å². The van der Waals surface area contributed by atoms with Gasteiger partial charge in [0.15, 0.2) is 11.9 Å². The van der Waals surface area contributed by atoms with Gasteiger partial charge < -0.3 is 20.9 Å². The van der Waals surface area contributed by atoms with Crippen molar-refractivity contribution in [2.45, 2.75) is 31.5 Å². The van der Waals surface area contributed by atoms with E-state index in [4.69, 9.17) is 33.7 Å². The minimum Gasteiger partial charge on any atom is -0.440 e. The number of alkyl halides is 3. The summed E-state index contributed by atoms with van der Waals surface area (Å²) in [6.07, 6.45) is -10.0. The average molecular weight is 562 g/mol. The molecule has 0 saturated carbocycles. The van der Waals surface area contributed by atoms with Gasteiger partial charge in [0.1, 0.15) is 12.6 Å². The second-order valence-electron chi connectivity index (χ2n) is 7.69. The number of nitrogens with zero attached hydrogens (tertiary/aromatic N) is 3. The molecule has 0 bridgehead atoms. The zero-order valence-electron chi connectivity index (χ0n) is 18.8. The molecule has 2 unspecified atom stereocenters. The number of ether oxygens (including phenoxy) is 1. The van der Waals surface area contributed by atoms with Gasteiger partial charge in [-0.1, -0.05) is 41.4 Å². The number of halogens is 5. The quantitative estimate of drug-likeness (QED) is 0.366. The van der Waals surface area contributed by atoms with Crippen LogP contribution in [0.25, 0.3) is 11.4 Å². The Hall–Kier alpha value is -3.55. The Kier molecular flexibility index (Phi) is 8.84. The van der Waals surface area contributed by atoms with E-state index in [-0.39, 0.29) is 23.0 Å². The molecule has 15 heteroatoms. The van der Waals surface area contributed by atoms with Crippen LogP contribution in [-0.4, -0.2) is 50.3 Å². The van der Waals surface area contributed by atoms with Crippen molar-refractivity contribution >= 4 is 35.2 Å². The lowest BCUT2D eigenvalue weighted by Gasteiger charge is -2.18. The molecule has 0 fully saturated rings. The number of aromatic nitrogens is 3. The monoisotopic (exact) mass is 561 g/mol. The third kappa shape index (κ3) is 7.24. The van der Waals surface area contributed by atoms with Gasteiger partial charge in [0.2, 0.25) is 5.91 Å². The summed E-state index contributed by atoms with van der Waals surface area (Å²) < 4.78 is 45.2. The molecular formula is C22H20Cl2F3N5O5. The molecule has 37 heavy (non-hydrogen) atoms. The summed E-state index contributed by atoms with van der Waals surface area (Å²) in [5, 5.41) is 16.5. The molecule has 0 spiro atoms. The molecule has 0 aliphatic rings. The van der Waals surface area contributed by atoms with Crippen molar-refractivity contribution in [1.29, 1.82) is 0 Å². The Balaban J connectivity index is 1.84. The van der Waals surface area contributed by atoms with Crippen molar-refractivity contribution < 1.29 is 32.6 Å². The number of hydrogen-bond acceptors (Lipinski definition) is 6. The molecule has 4 N–H and O–H groups in total. The Morgan fingerprint density at radius 1 is 1.14 bits per heavy atom. The van der Waals surface area contributed by atoms with Crippen LogP contribution in [0.1, 0.15) is 11.7 Å². The van der Waals surface area contributed by atoms with Crippen molar-refractivity contribution in [3.05, 3.63) is 74.6 Å².